The third kappa shape index (κ3) is 29.2. The number of carbonyl (C=O) groups excluding carboxylic acids is 10. The van der Waals surface area contributed by atoms with Gasteiger partial charge in [0, 0.05) is 12.8 Å². The molecule has 1 heterocycles. The lowest BCUT2D eigenvalue weighted by Gasteiger charge is -2.41. The first-order valence-corrected chi connectivity index (χ1v) is 29.7. The normalized spacial score (nSPS) is 20.3. The molecule has 16 atom stereocenters. The number of primary amides is 1. The first-order chi connectivity index (χ1) is 42.6. The zero-order chi connectivity index (χ0) is 69.5. The molecule has 91 heavy (non-hydrogen) atoms. The van der Waals surface area contributed by atoms with E-state index >= 15 is 0 Å². The van der Waals surface area contributed by atoms with Crippen LogP contribution in [0.4, 0.5) is 0 Å². The molecule has 0 aromatic heterocycles. The van der Waals surface area contributed by atoms with Gasteiger partial charge in [0.25, 0.3) is 0 Å². The first-order valence-electron chi connectivity index (χ1n) is 29.7. The second-order valence-corrected chi connectivity index (χ2v) is 22.6. The van der Waals surface area contributed by atoms with Gasteiger partial charge in [-0.3, -0.25) is 57.5 Å². The average molecular weight is 1310 g/mol. The molecule has 26 N–H and O–H groups in total. The molecule has 520 valence electrons. The lowest BCUT2D eigenvalue weighted by Crippen LogP contribution is -2.64. The number of aliphatic hydroxyl groups is 7. The molecule has 10 amide bonds. The fraction of sp³-hybridized carbons (Fsp3) is 0.759. The number of nitrogens with two attached hydrogens (primary N) is 3. The Bertz CT molecular complexity index is 2450. The van der Waals surface area contributed by atoms with E-state index in [1.165, 1.54) is 6.92 Å². The first kappa shape index (κ1) is 81.7. The van der Waals surface area contributed by atoms with Gasteiger partial charge in [0.05, 0.1) is 44.9 Å². The molecule has 1 rings (SSSR count). The van der Waals surface area contributed by atoms with Gasteiger partial charge in [-0.1, -0.05) is 34.1 Å². The molecular weight excluding hydrogens is 1210 g/mol. The van der Waals surface area contributed by atoms with Crippen molar-refractivity contribution in [2.75, 3.05) is 39.5 Å². The molecule has 0 unspecified atom stereocenters. The molecule has 0 spiro atoms. The molecule has 37 heteroatoms. The van der Waals surface area contributed by atoms with E-state index in [1.807, 2.05) is 0 Å². The molecule has 0 radical (unpaired) electrons. The minimum atomic E-state index is -2.32. The predicted octanol–water partition coefficient (Wildman–Crippen LogP) is -9.49. The number of rotatable bonds is 45. The van der Waals surface area contributed by atoms with Gasteiger partial charge in [-0.2, -0.15) is 0 Å². The number of aliphatic carboxylic acids is 3. The summed E-state index contributed by atoms with van der Waals surface area (Å²) in [5.74, 6) is -19.1. The van der Waals surface area contributed by atoms with Gasteiger partial charge in [0.15, 0.2) is 0 Å². The van der Waals surface area contributed by atoms with Crippen molar-refractivity contribution in [2.24, 2.45) is 29.0 Å². The SMILES string of the molecule is CC[C@H](C)[C@H](NC(=O)[C@@H](NC(=O)[C@H](CC(=O)O)NC(=O)[C@@H](N)CCC(N)=O)[C@@H](C)O)C(=O)N[C@@H](CO)C(=O)N[C@@H](CO)C(=O)N[C@@H](CCCCNC[C@@]1(O)OC[C@@H](O)[C@@H](O)[C@@H]1O)C(=O)N[C@@H](CC(C)C)C(=O)N[C@@H](CCCCN)C(=O)N[C@@H](CCC(=O)O)C(=O)O. The van der Waals surface area contributed by atoms with Crippen LogP contribution in [0.15, 0.2) is 0 Å². The number of carboxylic acids is 3. The molecule has 0 aliphatic carbocycles. The summed E-state index contributed by atoms with van der Waals surface area (Å²) in [5.41, 5.74) is 16.5. The number of hydrogen-bond donors (Lipinski definition) is 23. The van der Waals surface area contributed by atoms with Gasteiger partial charge in [0.2, 0.25) is 64.9 Å². The highest BCUT2D eigenvalue weighted by Gasteiger charge is 2.48. The van der Waals surface area contributed by atoms with Crippen LogP contribution in [0.5, 0.6) is 0 Å². The third-order valence-corrected chi connectivity index (χ3v) is 14.5. The lowest BCUT2D eigenvalue weighted by molar-refractivity contribution is -0.317. The van der Waals surface area contributed by atoms with Crippen LogP contribution in [0.3, 0.4) is 0 Å². The molecule has 1 aliphatic rings. The molecule has 37 nitrogen and oxygen atoms in total. The number of aliphatic hydroxyl groups excluding tert-OH is 6. The van der Waals surface area contributed by atoms with Crippen LogP contribution in [0, 0.1) is 11.8 Å². The van der Waals surface area contributed by atoms with E-state index in [0.29, 0.717) is 6.42 Å². The van der Waals surface area contributed by atoms with Crippen molar-refractivity contribution in [1.82, 2.24) is 53.2 Å². The Morgan fingerprint density at radius 3 is 1.51 bits per heavy atom. The van der Waals surface area contributed by atoms with E-state index < -0.39 is 219 Å². The number of hydrogen-bond acceptors (Lipinski definition) is 24. The van der Waals surface area contributed by atoms with E-state index in [9.17, 15) is 108 Å². The van der Waals surface area contributed by atoms with E-state index in [-0.39, 0.29) is 76.8 Å². The van der Waals surface area contributed by atoms with Crippen molar-refractivity contribution in [1.29, 1.82) is 0 Å². The minimum Gasteiger partial charge on any atom is -0.481 e. The maximum atomic E-state index is 14.3. The number of nitrogens with one attached hydrogen (secondary N) is 10. The van der Waals surface area contributed by atoms with Gasteiger partial charge in [-0.25, -0.2) is 4.79 Å². The third-order valence-electron chi connectivity index (χ3n) is 14.5. The quantitative estimate of drug-likeness (QED) is 0.0252. The van der Waals surface area contributed by atoms with Crippen LogP contribution >= 0.6 is 0 Å². The Hall–Kier alpha value is -7.33. The monoisotopic (exact) mass is 1310 g/mol. The highest BCUT2D eigenvalue weighted by Crippen LogP contribution is 2.23. The van der Waals surface area contributed by atoms with Crippen molar-refractivity contribution in [3.8, 4) is 0 Å². The lowest BCUT2D eigenvalue weighted by atomic mass is 9.97. The Labute approximate surface area is 524 Å². The van der Waals surface area contributed by atoms with Crippen molar-refractivity contribution in [2.45, 2.75) is 209 Å². The Morgan fingerprint density at radius 1 is 0.560 bits per heavy atom. The zero-order valence-corrected chi connectivity index (χ0v) is 51.6. The molecule has 0 bridgehead atoms. The van der Waals surface area contributed by atoms with Crippen molar-refractivity contribution in [3.63, 3.8) is 0 Å². The summed E-state index contributed by atoms with van der Waals surface area (Å²) < 4.78 is 5.15. The van der Waals surface area contributed by atoms with Crippen LogP contribution in [0.25, 0.3) is 0 Å². The largest absolute Gasteiger partial charge is 0.481 e. The van der Waals surface area contributed by atoms with Crippen LogP contribution in [-0.4, -0.2) is 258 Å². The summed E-state index contributed by atoms with van der Waals surface area (Å²) in [6.07, 6.45) is -9.22. The number of ether oxygens (including phenoxy) is 1. The summed E-state index contributed by atoms with van der Waals surface area (Å²) in [7, 11) is 0. The van der Waals surface area contributed by atoms with E-state index in [0.717, 1.165) is 6.92 Å². The van der Waals surface area contributed by atoms with Gasteiger partial charge >= 0.3 is 17.9 Å². The summed E-state index contributed by atoms with van der Waals surface area (Å²) >= 11 is 0. The summed E-state index contributed by atoms with van der Waals surface area (Å²) in [5, 5.41) is 124. The highest BCUT2D eigenvalue weighted by atomic mass is 16.6. The zero-order valence-electron chi connectivity index (χ0n) is 51.6. The molecule has 0 aromatic rings. The van der Waals surface area contributed by atoms with Crippen LogP contribution in [0.1, 0.15) is 118 Å². The summed E-state index contributed by atoms with van der Waals surface area (Å²) in [6, 6.07) is -17.0. The van der Waals surface area contributed by atoms with Gasteiger partial charge in [-0.15, -0.1) is 0 Å². The van der Waals surface area contributed by atoms with E-state index in [2.05, 4.69) is 53.2 Å². The Morgan fingerprint density at radius 2 is 1.02 bits per heavy atom. The number of amides is 10. The highest BCUT2D eigenvalue weighted by molar-refractivity contribution is 5.99. The van der Waals surface area contributed by atoms with Crippen LogP contribution in [0.2, 0.25) is 0 Å². The predicted molar refractivity (Wildman–Crippen MR) is 314 cm³/mol. The molecule has 0 saturated carbocycles. The standard InChI is InChI=1S/C54H95N13O24/c1-6-26(4)40(66-52(87)41(27(5)70)67-48(83)33(20-39(75)76)62-44(79)28(56)13-15-37(57)72)51(86)65-35(22-69)50(85)64-34(21-68)49(84)60-30(12-8-10-18-58-24-54(90)43(78)42(77)36(71)23-91-54)46(81)63-32(19-25(2)3)47(82)59-29(11-7-9-17-55)45(80)61-31(53(88)89)14-16-38(73)74/h25-36,40-43,58,68-71,77-78,90H,6-24,55-56H2,1-5H3,(H2,57,72)(H,59,82)(H,60,84)(H,61,80)(H,62,79)(H,63,81)(H,64,85)(H,65,86)(H,66,87)(H,67,83)(H,73,74)(H,75,76)(H,88,89)/t26-,27+,28-,29-,30-,31-,32-,33-,34-,35-,36+,40-,41-,42+,43-,54+/m0/s1. The minimum absolute atomic E-state index is 0.0295. The fourth-order valence-electron chi connectivity index (χ4n) is 8.88. The van der Waals surface area contributed by atoms with Crippen molar-refractivity contribution < 1.29 is 118 Å². The number of carbonyl (C=O) groups is 13. The van der Waals surface area contributed by atoms with E-state index in [1.54, 1.807) is 20.8 Å². The van der Waals surface area contributed by atoms with Crippen LogP contribution in [-0.2, 0) is 67.1 Å². The maximum Gasteiger partial charge on any atom is 0.326 e. The topological polar surface area (TPSA) is 632 Å². The Balaban J connectivity index is 3.52. The summed E-state index contributed by atoms with van der Waals surface area (Å²) in [4.78, 5) is 169. The number of unbranched alkanes of at least 4 members (excludes halogenated alkanes) is 2. The smallest absolute Gasteiger partial charge is 0.326 e. The number of carboxylic acid groups (broad SMARTS) is 3. The van der Waals surface area contributed by atoms with Gasteiger partial charge in [0.1, 0.15) is 72.7 Å². The van der Waals surface area contributed by atoms with E-state index in [4.69, 9.17) is 27.0 Å². The molecule has 1 fully saturated rings. The van der Waals surface area contributed by atoms with Crippen LogP contribution < -0.4 is 70.4 Å². The van der Waals surface area contributed by atoms with Gasteiger partial charge in [-0.05, 0) is 89.6 Å². The molecule has 1 saturated heterocycles. The van der Waals surface area contributed by atoms with Gasteiger partial charge < -0.3 is 126 Å². The summed E-state index contributed by atoms with van der Waals surface area (Å²) in [6.45, 7) is 4.32. The molecular formula is C54H95N13O24. The molecule has 0 aromatic carbocycles. The average Bonchev–Trinajstić information content (AvgIpc) is 0.931. The maximum absolute atomic E-state index is 14.3. The Kier molecular flexibility index (Phi) is 37.0. The second kappa shape index (κ2) is 41.2. The fourth-order valence-corrected chi connectivity index (χ4v) is 8.88. The van der Waals surface area contributed by atoms with Crippen molar-refractivity contribution >= 4 is 77.0 Å². The second-order valence-electron chi connectivity index (χ2n) is 22.6. The molecule has 1 aliphatic heterocycles. The van der Waals surface area contributed by atoms with Crippen molar-refractivity contribution in [3.05, 3.63) is 0 Å².